The van der Waals surface area contributed by atoms with Crippen molar-refractivity contribution < 1.29 is 17.9 Å². The molecule has 1 atom stereocenters. The molecule has 1 aliphatic heterocycles. The zero-order chi connectivity index (χ0) is 14.8. The van der Waals surface area contributed by atoms with Crippen LogP contribution >= 0.6 is 0 Å². The fraction of sp³-hybridized carbons (Fsp3) is 0.467. The van der Waals surface area contributed by atoms with Crippen molar-refractivity contribution in [2.45, 2.75) is 37.6 Å². The number of hydrogen-bond donors (Lipinski definition) is 0. The van der Waals surface area contributed by atoms with E-state index in [1.54, 1.807) is 37.3 Å². The Labute approximate surface area is 120 Å². The van der Waals surface area contributed by atoms with Gasteiger partial charge in [0.05, 0.1) is 17.3 Å². The second-order valence-electron chi connectivity index (χ2n) is 5.45. The van der Waals surface area contributed by atoms with Crippen LogP contribution in [0.5, 0.6) is 0 Å². The number of ether oxygens (including phenoxy) is 2. The van der Waals surface area contributed by atoms with Crippen molar-refractivity contribution in [3.05, 3.63) is 42.0 Å². The quantitative estimate of drug-likeness (QED) is 0.801. The summed E-state index contributed by atoms with van der Waals surface area (Å²) in [5, 5.41) is 0. The Hall–Kier alpha value is -1.17. The summed E-state index contributed by atoms with van der Waals surface area (Å²) < 4.78 is 35.6. The van der Waals surface area contributed by atoms with Crippen molar-refractivity contribution >= 4 is 9.84 Å². The van der Waals surface area contributed by atoms with Gasteiger partial charge in [-0.3, -0.25) is 0 Å². The highest BCUT2D eigenvalue weighted by Gasteiger charge is 2.31. The Bertz CT molecular complexity index is 588. The standard InChI is InChI=1S/C15H20O4S/c1-12(9-13-10-18-15(2,3)19-13)11-20(16,17)14-7-5-4-6-8-14/h4-9,13H,10-11H2,1-3H3/b12-9-. The van der Waals surface area contributed by atoms with Gasteiger partial charge < -0.3 is 9.47 Å². The molecule has 1 saturated heterocycles. The van der Waals surface area contributed by atoms with Crippen LogP contribution in [0.2, 0.25) is 0 Å². The molecule has 0 bridgehead atoms. The van der Waals surface area contributed by atoms with E-state index in [0.717, 1.165) is 5.57 Å². The molecule has 4 nitrogen and oxygen atoms in total. The minimum atomic E-state index is -3.29. The normalized spacial score (nSPS) is 22.9. The molecule has 2 rings (SSSR count). The monoisotopic (exact) mass is 296 g/mol. The first-order valence-corrected chi connectivity index (χ1v) is 8.21. The van der Waals surface area contributed by atoms with E-state index in [1.807, 2.05) is 19.9 Å². The minimum Gasteiger partial charge on any atom is -0.347 e. The zero-order valence-electron chi connectivity index (χ0n) is 12.0. The van der Waals surface area contributed by atoms with Gasteiger partial charge in [-0.1, -0.05) is 29.8 Å². The van der Waals surface area contributed by atoms with E-state index in [1.165, 1.54) is 0 Å². The van der Waals surface area contributed by atoms with Crippen molar-refractivity contribution in [3.63, 3.8) is 0 Å². The molecule has 110 valence electrons. The van der Waals surface area contributed by atoms with Gasteiger partial charge in [0.1, 0.15) is 6.10 Å². The molecule has 0 N–H and O–H groups in total. The predicted octanol–water partition coefficient (Wildman–Crippen LogP) is 2.56. The Morgan fingerprint density at radius 2 is 2.00 bits per heavy atom. The van der Waals surface area contributed by atoms with E-state index < -0.39 is 15.6 Å². The molecule has 0 aliphatic carbocycles. The van der Waals surface area contributed by atoms with Crippen LogP contribution in [0.25, 0.3) is 0 Å². The van der Waals surface area contributed by atoms with E-state index in [0.29, 0.717) is 11.5 Å². The molecule has 0 amide bonds. The van der Waals surface area contributed by atoms with Gasteiger partial charge in [-0.2, -0.15) is 0 Å². The second kappa shape index (κ2) is 5.68. The summed E-state index contributed by atoms with van der Waals surface area (Å²) >= 11 is 0. The van der Waals surface area contributed by atoms with Gasteiger partial charge in [0.15, 0.2) is 15.6 Å². The van der Waals surface area contributed by atoms with Crippen molar-refractivity contribution in [3.8, 4) is 0 Å². The number of hydrogen-bond acceptors (Lipinski definition) is 4. The lowest BCUT2D eigenvalue weighted by atomic mass is 10.2. The van der Waals surface area contributed by atoms with E-state index in [2.05, 4.69) is 0 Å². The van der Waals surface area contributed by atoms with Crippen LogP contribution in [-0.4, -0.2) is 32.7 Å². The molecule has 0 radical (unpaired) electrons. The highest BCUT2D eigenvalue weighted by atomic mass is 32.2. The van der Waals surface area contributed by atoms with Crippen LogP contribution in [0.4, 0.5) is 0 Å². The molecule has 0 spiro atoms. The first-order valence-electron chi connectivity index (χ1n) is 6.55. The molecular weight excluding hydrogens is 276 g/mol. The third-order valence-electron chi connectivity index (χ3n) is 3.02. The summed E-state index contributed by atoms with van der Waals surface area (Å²) in [6.45, 7) is 5.94. The van der Waals surface area contributed by atoms with Crippen LogP contribution in [0.3, 0.4) is 0 Å². The van der Waals surface area contributed by atoms with Crippen LogP contribution < -0.4 is 0 Å². The topological polar surface area (TPSA) is 52.6 Å². The highest BCUT2D eigenvalue weighted by Crippen LogP contribution is 2.24. The van der Waals surface area contributed by atoms with E-state index in [9.17, 15) is 8.42 Å². The molecule has 0 saturated carbocycles. The zero-order valence-corrected chi connectivity index (χ0v) is 12.8. The van der Waals surface area contributed by atoms with E-state index >= 15 is 0 Å². The maximum atomic E-state index is 12.2. The van der Waals surface area contributed by atoms with Crippen molar-refractivity contribution in [1.29, 1.82) is 0 Å². The maximum Gasteiger partial charge on any atom is 0.182 e. The maximum absolute atomic E-state index is 12.2. The summed E-state index contributed by atoms with van der Waals surface area (Å²) in [6, 6.07) is 8.47. The summed E-state index contributed by atoms with van der Waals surface area (Å²) in [7, 11) is -3.29. The molecule has 1 aromatic carbocycles. The van der Waals surface area contributed by atoms with Gasteiger partial charge in [0, 0.05) is 0 Å². The van der Waals surface area contributed by atoms with Crippen LogP contribution in [-0.2, 0) is 19.3 Å². The fourth-order valence-corrected chi connectivity index (χ4v) is 3.61. The number of sulfone groups is 1. The van der Waals surface area contributed by atoms with Gasteiger partial charge in [-0.25, -0.2) is 8.42 Å². The molecule has 0 aromatic heterocycles. The SMILES string of the molecule is C/C(=C/C1COC(C)(C)O1)CS(=O)(=O)c1ccccc1. The molecule has 1 aliphatic rings. The molecule has 1 unspecified atom stereocenters. The molecular formula is C15H20O4S. The first kappa shape index (κ1) is 15.2. The average Bonchev–Trinajstić information content (AvgIpc) is 2.69. The lowest BCUT2D eigenvalue weighted by molar-refractivity contribution is -0.133. The van der Waals surface area contributed by atoms with E-state index in [4.69, 9.17) is 9.47 Å². The average molecular weight is 296 g/mol. The van der Waals surface area contributed by atoms with Crippen molar-refractivity contribution in [2.75, 3.05) is 12.4 Å². The highest BCUT2D eigenvalue weighted by molar-refractivity contribution is 7.91. The minimum absolute atomic E-state index is 0.00268. The van der Waals surface area contributed by atoms with Crippen molar-refractivity contribution in [1.82, 2.24) is 0 Å². The molecule has 1 fully saturated rings. The molecule has 5 heteroatoms. The van der Waals surface area contributed by atoms with Gasteiger partial charge in [-0.15, -0.1) is 0 Å². The Morgan fingerprint density at radius 1 is 1.35 bits per heavy atom. The smallest absolute Gasteiger partial charge is 0.182 e. The number of benzene rings is 1. The molecule has 1 aromatic rings. The Morgan fingerprint density at radius 3 is 2.55 bits per heavy atom. The molecule has 20 heavy (non-hydrogen) atoms. The van der Waals surface area contributed by atoms with Gasteiger partial charge >= 0.3 is 0 Å². The van der Waals surface area contributed by atoms with Crippen LogP contribution in [0.1, 0.15) is 20.8 Å². The third-order valence-corrected chi connectivity index (χ3v) is 4.85. The summed E-state index contributed by atoms with van der Waals surface area (Å²) in [5.41, 5.74) is 0.764. The van der Waals surface area contributed by atoms with Gasteiger partial charge in [0.2, 0.25) is 0 Å². The Balaban J connectivity index is 2.06. The summed E-state index contributed by atoms with van der Waals surface area (Å²) in [4.78, 5) is 0.344. The summed E-state index contributed by atoms with van der Waals surface area (Å²) in [6.07, 6.45) is 1.64. The Kier molecular flexibility index (Phi) is 4.32. The second-order valence-corrected chi connectivity index (χ2v) is 7.44. The van der Waals surface area contributed by atoms with Crippen molar-refractivity contribution in [2.24, 2.45) is 0 Å². The number of rotatable bonds is 4. The van der Waals surface area contributed by atoms with Gasteiger partial charge in [-0.05, 0) is 32.9 Å². The van der Waals surface area contributed by atoms with Gasteiger partial charge in [0.25, 0.3) is 0 Å². The van der Waals surface area contributed by atoms with Crippen LogP contribution in [0.15, 0.2) is 46.9 Å². The van der Waals surface area contributed by atoms with Crippen LogP contribution in [0, 0.1) is 0 Å². The third kappa shape index (κ3) is 3.91. The fourth-order valence-electron chi connectivity index (χ4n) is 2.17. The first-order chi connectivity index (χ1) is 9.28. The summed E-state index contributed by atoms with van der Waals surface area (Å²) in [5.74, 6) is -0.600. The predicted molar refractivity (Wildman–Crippen MR) is 77.2 cm³/mol. The molecule has 1 heterocycles. The van der Waals surface area contributed by atoms with E-state index in [-0.39, 0.29) is 11.9 Å². The lowest BCUT2D eigenvalue weighted by Gasteiger charge is -2.16. The largest absolute Gasteiger partial charge is 0.347 e. The lowest BCUT2D eigenvalue weighted by Crippen LogP contribution is -2.21.